The summed E-state index contributed by atoms with van der Waals surface area (Å²) in [4.78, 5) is 16.7. The van der Waals surface area contributed by atoms with Gasteiger partial charge in [0.25, 0.3) is 0 Å². The van der Waals surface area contributed by atoms with Crippen LogP contribution in [0.15, 0.2) is 12.5 Å². The molecule has 5 nitrogen and oxygen atoms in total. The number of nitrogens with one attached hydrogen (secondary N) is 1. The van der Waals surface area contributed by atoms with E-state index in [2.05, 4.69) is 9.97 Å². The molecule has 0 amide bonds. The second kappa shape index (κ2) is 5.31. The molecule has 6 heteroatoms. The van der Waals surface area contributed by atoms with Crippen LogP contribution >= 0.6 is 0 Å². The molecule has 0 aromatic carbocycles. The Morgan fingerprint density at radius 3 is 2.92 bits per heavy atom. The largest absolute Gasteiger partial charge is 1.00 e. The summed E-state index contributed by atoms with van der Waals surface area (Å²) >= 11 is 0. The molecule has 1 heterocycles. The average Bonchev–Trinajstić information content (AvgIpc) is 2.39. The Morgan fingerprint density at radius 2 is 2.50 bits per heavy atom. The summed E-state index contributed by atoms with van der Waals surface area (Å²) in [6, 6.07) is -0.974. The zero-order valence-electron chi connectivity index (χ0n) is 6.78. The zero-order chi connectivity index (χ0) is 8.27. The van der Waals surface area contributed by atoms with Crippen molar-refractivity contribution < 1.29 is 39.5 Å². The normalized spacial score (nSPS) is 11.8. The van der Waals surface area contributed by atoms with Gasteiger partial charge in [-0.3, -0.25) is 0 Å². The number of hydrogen-bond donors (Lipinski definition) is 2. The SMILES string of the molecule is N[C@@H](Cc1c[nH]cn1)C(=O)[O-].[Na+]. The predicted molar refractivity (Wildman–Crippen MR) is 35.3 cm³/mol. The molecule has 60 valence electrons. The van der Waals surface area contributed by atoms with Crippen LogP contribution in [0.5, 0.6) is 0 Å². The minimum atomic E-state index is -1.26. The van der Waals surface area contributed by atoms with E-state index in [1.54, 1.807) is 6.20 Å². The third-order valence-corrected chi connectivity index (χ3v) is 1.29. The van der Waals surface area contributed by atoms with E-state index in [0.29, 0.717) is 5.69 Å². The Kier molecular flexibility index (Phi) is 5.16. The number of carbonyl (C=O) groups is 1. The Hall–Kier alpha value is -0.360. The van der Waals surface area contributed by atoms with Crippen LogP contribution in [0.2, 0.25) is 0 Å². The van der Waals surface area contributed by atoms with Gasteiger partial charge in [0.15, 0.2) is 0 Å². The minimum Gasteiger partial charge on any atom is -0.548 e. The number of carboxylic acids is 1. The van der Waals surface area contributed by atoms with Crippen LogP contribution < -0.4 is 40.4 Å². The Morgan fingerprint density at radius 1 is 1.83 bits per heavy atom. The molecule has 1 aromatic heterocycles. The number of H-pyrrole nitrogens is 1. The van der Waals surface area contributed by atoms with E-state index in [4.69, 9.17) is 5.73 Å². The van der Waals surface area contributed by atoms with Gasteiger partial charge in [-0.2, -0.15) is 0 Å². The molecule has 3 N–H and O–H groups in total. The van der Waals surface area contributed by atoms with Gasteiger partial charge in [0.05, 0.1) is 18.0 Å². The molecule has 0 aliphatic heterocycles. The fourth-order valence-electron chi connectivity index (χ4n) is 0.711. The maximum Gasteiger partial charge on any atom is 1.00 e. The van der Waals surface area contributed by atoms with Gasteiger partial charge in [-0.25, -0.2) is 4.98 Å². The predicted octanol–water partition coefficient (Wildman–Crippen LogP) is -4.97. The molecule has 1 aromatic rings. The van der Waals surface area contributed by atoms with E-state index in [0.717, 1.165) is 0 Å². The first kappa shape index (κ1) is 11.6. The summed E-state index contributed by atoms with van der Waals surface area (Å²) in [7, 11) is 0. The van der Waals surface area contributed by atoms with E-state index in [-0.39, 0.29) is 36.0 Å². The molecule has 0 spiro atoms. The number of hydrogen-bond acceptors (Lipinski definition) is 4. The van der Waals surface area contributed by atoms with Crippen LogP contribution in [0.25, 0.3) is 0 Å². The topological polar surface area (TPSA) is 94.8 Å². The summed E-state index contributed by atoms with van der Waals surface area (Å²) in [6.07, 6.45) is 3.27. The second-order valence-corrected chi connectivity index (χ2v) is 2.19. The van der Waals surface area contributed by atoms with Crippen LogP contribution in [0.4, 0.5) is 0 Å². The smallest absolute Gasteiger partial charge is 0.548 e. The van der Waals surface area contributed by atoms with Gasteiger partial charge in [-0.05, 0) is 0 Å². The van der Waals surface area contributed by atoms with E-state index in [1.165, 1.54) is 6.33 Å². The standard InChI is InChI=1S/C6H9N3O2.Na/c7-5(6(10)11)1-4-2-8-3-9-4;/h2-3,5H,1,7H2,(H,8,9)(H,10,11);/q;+1/p-1/t5-;/m0./s1. The monoisotopic (exact) mass is 177 g/mol. The molecule has 0 radical (unpaired) electrons. The molecule has 1 rings (SSSR count). The molecule has 0 bridgehead atoms. The number of aromatic nitrogens is 2. The van der Waals surface area contributed by atoms with Crippen molar-refractivity contribution in [3.8, 4) is 0 Å². The molecular weight excluding hydrogens is 169 g/mol. The summed E-state index contributed by atoms with van der Waals surface area (Å²) in [5, 5.41) is 10.2. The fourth-order valence-corrected chi connectivity index (χ4v) is 0.711. The van der Waals surface area contributed by atoms with Crippen molar-refractivity contribution in [2.45, 2.75) is 12.5 Å². The van der Waals surface area contributed by atoms with Gasteiger partial charge in [-0.15, -0.1) is 0 Å². The van der Waals surface area contributed by atoms with Crippen molar-refractivity contribution in [1.29, 1.82) is 0 Å². The van der Waals surface area contributed by atoms with Gasteiger partial charge >= 0.3 is 29.6 Å². The first-order chi connectivity index (χ1) is 5.20. The summed E-state index contributed by atoms with van der Waals surface area (Å²) in [5.74, 6) is -1.26. The first-order valence-electron chi connectivity index (χ1n) is 3.14. The summed E-state index contributed by atoms with van der Waals surface area (Å²) < 4.78 is 0. The van der Waals surface area contributed by atoms with Crippen molar-refractivity contribution in [1.82, 2.24) is 9.97 Å². The van der Waals surface area contributed by atoms with Crippen molar-refractivity contribution in [3.63, 3.8) is 0 Å². The van der Waals surface area contributed by atoms with E-state index >= 15 is 0 Å². The van der Waals surface area contributed by atoms with Crippen LogP contribution in [-0.4, -0.2) is 22.0 Å². The minimum absolute atomic E-state index is 0. The number of carbonyl (C=O) groups excluding carboxylic acids is 1. The van der Waals surface area contributed by atoms with Crippen molar-refractivity contribution >= 4 is 5.97 Å². The molecule has 0 unspecified atom stereocenters. The molecular formula is C6H8N3NaO2. The number of imidazole rings is 1. The number of nitrogens with zero attached hydrogens (tertiary/aromatic N) is 1. The van der Waals surface area contributed by atoms with E-state index in [1.807, 2.05) is 0 Å². The second-order valence-electron chi connectivity index (χ2n) is 2.19. The molecule has 12 heavy (non-hydrogen) atoms. The number of carboxylic acid groups (broad SMARTS) is 1. The first-order valence-corrected chi connectivity index (χ1v) is 3.14. The van der Waals surface area contributed by atoms with Crippen LogP contribution in [0, 0.1) is 0 Å². The number of rotatable bonds is 3. The Bertz CT molecular complexity index is 237. The maximum atomic E-state index is 10.2. The van der Waals surface area contributed by atoms with Crippen molar-refractivity contribution in [3.05, 3.63) is 18.2 Å². The third-order valence-electron chi connectivity index (χ3n) is 1.29. The van der Waals surface area contributed by atoms with E-state index < -0.39 is 12.0 Å². The van der Waals surface area contributed by atoms with Gasteiger partial charge in [0.1, 0.15) is 0 Å². The van der Waals surface area contributed by atoms with Crippen molar-refractivity contribution in [2.24, 2.45) is 5.73 Å². The Balaban J connectivity index is 0.00000121. The van der Waals surface area contributed by atoms with Gasteiger partial charge in [0, 0.05) is 18.7 Å². The van der Waals surface area contributed by atoms with Gasteiger partial charge in [-0.1, -0.05) is 0 Å². The molecule has 0 saturated heterocycles. The van der Waals surface area contributed by atoms with Gasteiger partial charge < -0.3 is 20.6 Å². The maximum absolute atomic E-state index is 10.2. The van der Waals surface area contributed by atoms with Crippen LogP contribution in [0.1, 0.15) is 5.69 Å². The summed E-state index contributed by atoms with van der Waals surface area (Å²) in [5.41, 5.74) is 5.82. The van der Waals surface area contributed by atoms with Crippen LogP contribution in [-0.2, 0) is 11.2 Å². The third kappa shape index (κ3) is 3.36. The van der Waals surface area contributed by atoms with Gasteiger partial charge in [0.2, 0.25) is 0 Å². The zero-order valence-corrected chi connectivity index (χ0v) is 8.78. The number of nitrogens with two attached hydrogens (primary N) is 1. The van der Waals surface area contributed by atoms with Crippen LogP contribution in [0.3, 0.4) is 0 Å². The van der Waals surface area contributed by atoms with E-state index in [9.17, 15) is 9.90 Å². The average molecular weight is 177 g/mol. The number of aromatic amines is 1. The Labute approximate surface area is 91.7 Å². The molecule has 0 fully saturated rings. The molecule has 0 aliphatic rings. The summed E-state index contributed by atoms with van der Waals surface area (Å²) in [6.45, 7) is 0. The quantitative estimate of drug-likeness (QED) is 0.452. The fraction of sp³-hybridized carbons (Fsp3) is 0.333. The van der Waals surface area contributed by atoms with Crippen molar-refractivity contribution in [2.75, 3.05) is 0 Å². The molecule has 1 atom stereocenters. The molecule has 0 aliphatic carbocycles. The molecule has 0 saturated carbocycles. The number of aliphatic carboxylic acids is 1.